The second-order valence-electron chi connectivity index (χ2n) is 3.54. The van der Waals surface area contributed by atoms with E-state index in [4.69, 9.17) is 0 Å². The van der Waals surface area contributed by atoms with Crippen LogP contribution < -0.4 is 0 Å². The molecule has 0 aliphatic carbocycles. The topological polar surface area (TPSA) is 37.3 Å². The Bertz CT molecular complexity index is 402. The van der Waals surface area contributed by atoms with Crippen molar-refractivity contribution in [3.05, 3.63) is 42.0 Å². The van der Waals surface area contributed by atoms with Gasteiger partial charge >= 0.3 is 5.97 Å². The minimum atomic E-state index is -0.771. The van der Waals surface area contributed by atoms with E-state index in [1.807, 2.05) is 43.3 Å². The molecule has 0 bridgehead atoms. The van der Waals surface area contributed by atoms with Gasteiger partial charge in [0.25, 0.3) is 0 Å². The highest BCUT2D eigenvalue weighted by Crippen LogP contribution is 2.29. The van der Waals surface area contributed by atoms with Crippen molar-refractivity contribution in [3.8, 4) is 0 Å². The Morgan fingerprint density at radius 1 is 1.28 bits per heavy atom. The number of thioether (sulfide) groups is 2. The number of carbonyl (C=O) groups is 1. The van der Waals surface area contributed by atoms with E-state index in [0.717, 1.165) is 22.0 Å². The Morgan fingerprint density at radius 3 is 2.44 bits per heavy atom. The quantitative estimate of drug-likeness (QED) is 0.820. The summed E-state index contributed by atoms with van der Waals surface area (Å²) in [6.45, 7) is 4.05. The summed E-state index contributed by atoms with van der Waals surface area (Å²) in [7, 11) is 0. The second-order valence-corrected chi connectivity index (χ2v) is 6.27. The van der Waals surface area contributed by atoms with Crippen molar-refractivity contribution in [2.24, 2.45) is 0 Å². The third-order valence-electron chi connectivity index (χ3n) is 2.25. The molecule has 0 aromatic heterocycles. The van der Waals surface area contributed by atoms with Crippen molar-refractivity contribution in [1.29, 1.82) is 0 Å². The molecule has 2 nitrogen and oxygen atoms in total. The van der Waals surface area contributed by atoms with E-state index in [-0.39, 0.29) is 0 Å². The first-order chi connectivity index (χ1) is 8.69. The molecule has 1 unspecified atom stereocenters. The fourth-order valence-electron chi connectivity index (χ4n) is 1.49. The van der Waals surface area contributed by atoms with Gasteiger partial charge in [-0.05, 0) is 23.1 Å². The summed E-state index contributed by atoms with van der Waals surface area (Å²) in [5.41, 5.74) is 1.09. The molecule has 1 aromatic carbocycles. The van der Waals surface area contributed by atoms with Crippen LogP contribution in [-0.2, 0) is 4.79 Å². The SMILES string of the molecule is CCS/C(=C/C(SCC)C(=O)O)c1ccccc1. The summed E-state index contributed by atoms with van der Waals surface area (Å²) in [6.07, 6.45) is 1.86. The van der Waals surface area contributed by atoms with Gasteiger partial charge in [0, 0.05) is 4.91 Å². The molecule has 0 spiro atoms. The third-order valence-corrected chi connectivity index (χ3v) is 4.25. The highest BCUT2D eigenvalue weighted by molar-refractivity contribution is 8.08. The second kappa shape index (κ2) is 8.27. The van der Waals surface area contributed by atoms with Gasteiger partial charge in [0.15, 0.2) is 0 Å². The molecule has 0 amide bonds. The molecule has 1 aromatic rings. The van der Waals surface area contributed by atoms with Crippen LogP contribution in [0.3, 0.4) is 0 Å². The molecular weight excluding hydrogens is 264 g/mol. The van der Waals surface area contributed by atoms with Crippen LogP contribution >= 0.6 is 23.5 Å². The molecule has 4 heteroatoms. The molecule has 98 valence electrons. The van der Waals surface area contributed by atoms with E-state index in [2.05, 4.69) is 6.92 Å². The van der Waals surface area contributed by atoms with Crippen molar-refractivity contribution in [3.63, 3.8) is 0 Å². The van der Waals surface area contributed by atoms with E-state index in [1.54, 1.807) is 11.8 Å². The Balaban J connectivity index is 2.99. The van der Waals surface area contributed by atoms with E-state index >= 15 is 0 Å². The van der Waals surface area contributed by atoms with Crippen LogP contribution in [0.4, 0.5) is 0 Å². The lowest BCUT2D eigenvalue weighted by atomic mass is 10.2. The van der Waals surface area contributed by atoms with Gasteiger partial charge in [-0.2, -0.15) is 0 Å². The first-order valence-electron chi connectivity index (χ1n) is 5.93. The van der Waals surface area contributed by atoms with Crippen molar-refractivity contribution in [2.45, 2.75) is 19.1 Å². The van der Waals surface area contributed by atoms with Gasteiger partial charge in [0.05, 0.1) is 0 Å². The predicted molar refractivity (Wildman–Crippen MR) is 82.1 cm³/mol. The third kappa shape index (κ3) is 4.78. The van der Waals surface area contributed by atoms with Crippen LogP contribution in [0, 0.1) is 0 Å². The maximum atomic E-state index is 11.2. The fraction of sp³-hybridized carbons (Fsp3) is 0.357. The average molecular weight is 282 g/mol. The molecule has 0 fully saturated rings. The molecule has 1 rings (SSSR count). The number of benzene rings is 1. The Hall–Kier alpha value is -0.870. The summed E-state index contributed by atoms with van der Waals surface area (Å²) in [4.78, 5) is 12.2. The van der Waals surface area contributed by atoms with Gasteiger partial charge in [-0.1, -0.05) is 44.2 Å². The molecule has 0 saturated carbocycles. The Labute approximate surface area is 117 Å². The van der Waals surface area contributed by atoms with Gasteiger partial charge in [0.1, 0.15) is 5.25 Å². The van der Waals surface area contributed by atoms with Crippen LogP contribution in [0.25, 0.3) is 4.91 Å². The molecule has 0 heterocycles. The lowest BCUT2D eigenvalue weighted by Crippen LogP contribution is -2.14. The van der Waals surface area contributed by atoms with E-state index < -0.39 is 11.2 Å². The average Bonchev–Trinajstić information content (AvgIpc) is 2.38. The van der Waals surface area contributed by atoms with Gasteiger partial charge in [0.2, 0.25) is 0 Å². The van der Waals surface area contributed by atoms with Crippen molar-refractivity contribution >= 4 is 34.4 Å². The minimum absolute atomic E-state index is 0.468. The van der Waals surface area contributed by atoms with E-state index in [9.17, 15) is 9.90 Å². The molecule has 1 atom stereocenters. The molecular formula is C14H18O2S2. The minimum Gasteiger partial charge on any atom is -0.480 e. The summed E-state index contributed by atoms with van der Waals surface area (Å²) in [6, 6.07) is 9.95. The van der Waals surface area contributed by atoms with E-state index in [0.29, 0.717) is 0 Å². The van der Waals surface area contributed by atoms with Crippen LogP contribution in [0.2, 0.25) is 0 Å². The normalized spacial score (nSPS) is 13.3. The zero-order valence-corrected chi connectivity index (χ0v) is 12.3. The Kier molecular flexibility index (Phi) is 6.98. The molecule has 1 N–H and O–H groups in total. The molecule has 18 heavy (non-hydrogen) atoms. The highest BCUT2D eigenvalue weighted by atomic mass is 32.2. The Morgan fingerprint density at radius 2 is 1.94 bits per heavy atom. The lowest BCUT2D eigenvalue weighted by Gasteiger charge is -2.10. The number of rotatable bonds is 7. The van der Waals surface area contributed by atoms with Gasteiger partial charge in [-0.25, -0.2) is 0 Å². The largest absolute Gasteiger partial charge is 0.480 e. The van der Waals surface area contributed by atoms with Gasteiger partial charge in [-0.15, -0.1) is 23.5 Å². The number of aliphatic carboxylic acids is 1. The maximum Gasteiger partial charge on any atom is 0.320 e. The molecule has 0 radical (unpaired) electrons. The van der Waals surface area contributed by atoms with E-state index in [1.165, 1.54) is 11.8 Å². The van der Waals surface area contributed by atoms with Crippen LogP contribution in [-0.4, -0.2) is 27.8 Å². The standard InChI is InChI=1S/C14H18O2S2/c1-3-17-12(11-8-6-5-7-9-11)10-13(14(15)16)18-4-2/h5-10,13H,3-4H2,1-2H3,(H,15,16)/b12-10+. The number of hydrogen-bond acceptors (Lipinski definition) is 3. The molecule has 0 saturated heterocycles. The van der Waals surface area contributed by atoms with Crippen LogP contribution in [0.5, 0.6) is 0 Å². The summed E-state index contributed by atoms with van der Waals surface area (Å²) in [5.74, 6) is 0.961. The number of carboxylic acids is 1. The maximum absolute atomic E-state index is 11.2. The predicted octanol–water partition coefficient (Wildman–Crippen LogP) is 3.99. The first-order valence-corrected chi connectivity index (χ1v) is 7.96. The van der Waals surface area contributed by atoms with Gasteiger partial charge < -0.3 is 5.11 Å². The van der Waals surface area contributed by atoms with Gasteiger partial charge in [-0.3, -0.25) is 4.79 Å². The lowest BCUT2D eigenvalue weighted by molar-refractivity contribution is -0.135. The highest BCUT2D eigenvalue weighted by Gasteiger charge is 2.15. The zero-order chi connectivity index (χ0) is 13.4. The van der Waals surface area contributed by atoms with Crippen molar-refractivity contribution < 1.29 is 9.90 Å². The monoisotopic (exact) mass is 282 g/mol. The summed E-state index contributed by atoms with van der Waals surface area (Å²) in [5, 5.41) is 8.73. The van der Waals surface area contributed by atoms with Crippen molar-refractivity contribution in [1.82, 2.24) is 0 Å². The molecule has 0 aliphatic rings. The number of hydrogen-bond donors (Lipinski definition) is 1. The smallest absolute Gasteiger partial charge is 0.320 e. The fourth-order valence-corrected chi connectivity index (χ4v) is 3.16. The summed E-state index contributed by atoms with van der Waals surface area (Å²) < 4.78 is 0. The summed E-state index contributed by atoms with van der Waals surface area (Å²) >= 11 is 3.13. The number of carboxylic acid groups (broad SMARTS) is 1. The zero-order valence-electron chi connectivity index (χ0n) is 10.6. The van der Waals surface area contributed by atoms with Crippen LogP contribution in [0.15, 0.2) is 36.4 Å². The first kappa shape index (κ1) is 15.2. The van der Waals surface area contributed by atoms with Crippen LogP contribution in [0.1, 0.15) is 19.4 Å². The van der Waals surface area contributed by atoms with Crippen molar-refractivity contribution in [2.75, 3.05) is 11.5 Å². The molecule has 0 aliphatic heterocycles.